The van der Waals surface area contributed by atoms with Gasteiger partial charge in [-0.3, -0.25) is 0 Å². The van der Waals surface area contributed by atoms with Crippen LogP contribution in [0.15, 0.2) is 377 Å². The van der Waals surface area contributed by atoms with Crippen LogP contribution in [-0.4, -0.2) is 31.3 Å². The van der Waals surface area contributed by atoms with Gasteiger partial charge in [-0.05, 0) is 226 Å². The van der Waals surface area contributed by atoms with Crippen molar-refractivity contribution in [1.29, 1.82) is 0 Å². The summed E-state index contributed by atoms with van der Waals surface area (Å²) in [5.74, 6) is 0. The van der Waals surface area contributed by atoms with Gasteiger partial charge in [0, 0.05) is 119 Å². The quantitative estimate of drug-likeness (QED) is 0.149. The van der Waals surface area contributed by atoms with Crippen LogP contribution in [-0.2, 0) is 41.7 Å². The predicted octanol–water partition coefficient (Wildman–Crippen LogP) is 38.3. The van der Waals surface area contributed by atoms with E-state index in [1.54, 1.807) is 0 Å². The Morgan fingerprint density at radius 3 is 1.11 bits per heavy atom. The zero-order chi connectivity index (χ0) is 113. The molecule has 9 heteroatoms. The van der Waals surface area contributed by atoms with Gasteiger partial charge in [0.15, 0.2) is 24.8 Å². The van der Waals surface area contributed by atoms with Crippen LogP contribution in [0.3, 0.4) is 0 Å². The van der Waals surface area contributed by atoms with E-state index in [4.69, 9.17) is 0 Å². The third-order valence-electron chi connectivity index (χ3n) is 24.0. The predicted molar refractivity (Wildman–Crippen MR) is 666 cm³/mol. The van der Waals surface area contributed by atoms with Gasteiger partial charge in [0.2, 0.25) is 34.0 Å². The Hall–Kier alpha value is -13.9. The molecule has 3 aliphatic rings. The summed E-state index contributed by atoms with van der Waals surface area (Å²) in [5.41, 5.74) is 34.3. The van der Waals surface area contributed by atoms with Gasteiger partial charge in [0.1, 0.15) is 47.6 Å². The number of fused-ring (bicyclic) bond motifs is 7. The first-order chi connectivity index (χ1) is 72.7. The highest BCUT2D eigenvalue weighted by molar-refractivity contribution is 5.94. The van der Waals surface area contributed by atoms with Crippen molar-refractivity contribution in [2.75, 3.05) is 28.8 Å². The Morgan fingerprint density at radius 1 is 0.248 bits per heavy atom. The van der Waals surface area contributed by atoms with Crippen LogP contribution < -0.4 is 37.5 Å². The maximum atomic E-state index is 2.41. The van der Waals surface area contributed by atoms with Gasteiger partial charge in [-0.25, -0.2) is 18.3 Å². The van der Waals surface area contributed by atoms with Crippen molar-refractivity contribution in [3.05, 3.63) is 427 Å². The number of anilines is 4. The molecule has 0 N–H and O–H groups in total. The number of aromatic nitrogens is 5. The summed E-state index contributed by atoms with van der Waals surface area (Å²) < 4.78 is 11.0. The lowest BCUT2D eigenvalue weighted by atomic mass is 9.94. The fourth-order valence-electron chi connectivity index (χ4n) is 17.0. The van der Waals surface area contributed by atoms with Crippen molar-refractivity contribution in [2.45, 2.75) is 275 Å². The lowest BCUT2D eigenvalue weighted by Crippen LogP contribution is -2.35. The van der Waals surface area contributed by atoms with Crippen LogP contribution >= 0.6 is 0 Å². The number of rotatable bonds is 7. The maximum Gasteiger partial charge on any atom is 0.220 e. The molecule has 0 radical (unpaired) electrons. The van der Waals surface area contributed by atoms with Crippen molar-refractivity contribution < 1.29 is 22.8 Å². The molecule has 2 aliphatic heterocycles. The lowest BCUT2D eigenvalue weighted by molar-refractivity contribution is -0.660. The topological polar surface area (TPSA) is 32.4 Å². The fraction of sp³-hybridized carbons (Fsp3) is 0.336. The van der Waals surface area contributed by atoms with E-state index in [1.807, 2.05) is 200 Å². The Labute approximate surface area is 910 Å². The minimum Gasteiger partial charge on any atom is -0.359 e. The molecule has 20 rings (SSSR count). The van der Waals surface area contributed by atoms with Gasteiger partial charge >= 0.3 is 0 Å². The third kappa shape index (κ3) is 37.7. The highest BCUT2D eigenvalue weighted by Gasteiger charge is 2.32. The molecule has 0 unspecified atom stereocenters. The molecule has 1 aliphatic carbocycles. The van der Waals surface area contributed by atoms with E-state index in [0.29, 0.717) is 12.3 Å². The maximum absolute atomic E-state index is 2.41. The number of nitrogens with zero attached hydrogens (tertiary/aromatic N) is 9. The molecule has 12 aromatic carbocycles. The minimum atomic E-state index is 0.350. The second-order valence-corrected chi connectivity index (χ2v) is 32.0. The molecular weight excluding hydrogens is 1810 g/mol. The average molecular weight is 2010 g/mol. The molecule has 7 heterocycles. The Kier molecular flexibility index (Phi) is 70.3. The molecule has 0 saturated carbocycles. The summed E-state index contributed by atoms with van der Waals surface area (Å²) in [6.07, 6.45) is 14.6. The SMILES string of the molecule is CC.CC.CC.CC.CC.CC.CC.CC.CC.CC.CC.CC.CC.CC.Cc1ccc2c(c1-c1cccc[n+]1C)Cc1ccccc1-2.Cc1ccccc1-c1c2ccccc2cc[n+]1C.Cc1ccccc1-c1cc2ccccc2c[n+]1C.Cc1ccccc1-c1ccc2ccccc2[n+]1C.Cc1ccccc1-c1cccc[n+]1C.Cc1ccccc1N1C=CN(C)[C@@H]1C.Cc1ccccc1N1c2ccccc2N(C)[C@@H]1C. The summed E-state index contributed by atoms with van der Waals surface area (Å²) in [4.78, 5) is 9.22. The monoisotopic (exact) mass is 2010 g/mol. The highest BCUT2D eigenvalue weighted by atomic mass is 15.4. The van der Waals surface area contributed by atoms with Gasteiger partial charge < -0.3 is 19.6 Å². The van der Waals surface area contributed by atoms with Crippen LogP contribution in [0.4, 0.5) is 22.7 Å². The molecule has 149 heavy (non-hydrogen) atoms. The molecule has 5 aromatic heterocycles. The van der Waals surface area contributed by atoms with E-state index in [0.717, 1.165) is 6.42 Å². The van der Waals surface area contributed by atoms with Gasteiger partial charge in [-0.1, -0.05) is 400 Å². The van der Waals surface area contributed by atoms with Gasteiger partial charge in [0.05, 0.1) is 22.3 Å². The molecule has 0 bridgehead atoms. The zero-order valence-corrected chi connectivity index (χ0v) is 101. The van der Waals surface area contributed by atoms with Gasteiger partial charge in [-0.2, -0.15) is 4.57 Å². The standard InChI is InChI=1S/C20H18N.3C17H16N.C16H18N2.C13H14N.C12H16N2.14C2H6/c1-14-10-11-17-16-8-4-3-7-15(16)13-18(17)20(14)19-9-5-6-12-21(19)2;1-13-7-3-6-10-16(13)17-11-14-8-4-5-9-15(14)12-18(17)2;1-13-7-3-5-9-15(13)17-16-10-6-4-8-14(16)11-12-18(17)2;1-13-7-3-5-9-15(13)17-12-11-14-8-4-6-10-16(14)18(17)2;1-12-8-4-5-9-14(12)18-13(2)17(3)15-10-6-7-11-16(15)18;1-11-7-3-4-8-12(11)13-9-5-6-10-14(13)2;1-10-6-4-5-7-12(10)14-9-8-13(3)11(14)2;14*1-2/h3-12H,13H2,1-2H3;3*3-12H,1-2H3;4-11,13H,1-3H3;3-10H,1-2H3;4-9,11H,1-3H3;14*1-2H3/q4*+1;;+1;;;;;;;;;;;;;;;/t;;;;13-;;11-;;;;;;;;;;;;;;/m....0.0............../s1. The van der Waals surface area contributed by atoms with Crippen LogP contribution in [0, 0.1) is 48.5 Å². The van der Waals surface area contributed by atoms with Gasteiger partial charge in [-0.15, -0.1) is 0 Å². The van der Waals surface area contributed by atoms with E-state index in [-0.39, 0.29) is 0 Å². The second-order valence-electron chi connectivity index (χ2n) is 32.0. The van der Waals surface area contributed by atoms with Crippen molar-refractivity contribution in [2.24, 2.45) is 35.2 Å². The van der Waals surface area contributed by atoms with E-state index >= 15 is 0 Å². The largest absolute Gasteiger partial charge is 0.359 e. The first kappa shape index (κ1) is 135. The highest BCUT2D eigenvalue weighted by Crippen LogP contribution is 2.45. The average Bonchev–Trinajstić information content (AvgIpc) is 1.61. The number of para-hydroxylation sites is 5. The zero-order valence-electron chi connectivity index (χ0n) is 101. The van der Waals surface area contributed by atoms with E-state index < -0.39 is 0 Å². The first-order valence-electron chi connectivity index (χ1n) is 56.1. The van der Waals surface area contributed by atoms with E-state index in [1.165, 1.54) is 173 Å². The van der Waals surface area contributed by atoms with Crippen LogP contribution in [0.2, 0.25) is 0 Å². The van der Waals surface area contributed by atoms with Crippen LogP contribution in [0.5, 0.6) is 0 Å². The third-order valence-corrected chi connectivity index (χ3v) is 24.0. The Morgan fingerprint density at radius 2 is 0.631 bits per heavy atom. The molecule has 798 valence electrons. The fourth-order valence-corrected chi connectivity index (χ4v) is 17.0. The number of hydrogen-bond acceptors (Lipinski definition) is 4. The van der Waals surface area contributed by atoms with Crippen molar-refractivity contribution in [1.82, 2.24) is 4.90 Å². The van der Waals surface area contributed by atoms with Crippen LogP contribution in [0.25, 0.3) is 99.9 Å². The second kappa shape index (κ2) is 77.5. The molecule has 0 amide bonds. The molecule has 2 atom stereocenters. The Balaban J connectivity index is 0.00000165. The summed E-state index contributed by atoms with van der Waals surface area (Å²) in [7, 11) is 14.8. The van der Waals surface area contributed by atoms with E-state index in [2.05, 4.69) is 525 Å². The number of hydrogen-bond donors (Lipinski definition) is 0. The van der Waals surface area contributed by atoms with Crippen molar-refractivity contribution >= 4 is 55.2 Å². The van der Waals surface area contributed by atoms with Crippen molar-refractivity contribution in [3.63, 3.8) is 0 Å². The van der Waals surface area contributed by atoms with Crippen LogP contribution in [0.1, 0.15) is 258 Å². The summed E-state index contributed by atoms with van der Waals surface area (Å²) >= 11 is 0. The number of aryl methyl sites for hydroxylation is 12. The molecule has 17 aromatic rings. The molecule has 0 fully saturated rings. The van der Waals surface area contributed by atoms with Gasteiger partial charge in [0.25, 0.3) is 0 Å². The summed E-state index contributed by atoms with van der Waals surface area (Å²) in [5, 5.41) is 6.43. The summed E-state index contributed by atoms with van der Waals surface area (Å²) in [6, 6.07) is 120. The lowest BCUT2D eigenvalue weighted by Gasteiger charge is -2.28. The van der Waals surface area contributed by atoms with E-state index in [9.17, 15) is 0 Å². The minimum absolute atomic E-state index is 0.350. The molecule has 0 saturated heterocycles. The molecule has 9 nitrogen and oxygen atoms in total. The molecular formula is C140H198N9+5. The normalized spacial score (nSPS) is 11.2. The summed E-state index contributed by atoms with van der Waals surface area (Å²) in [6.45, 7) is 75.6. The Bertz CT molecular complexity index is 6460. The van der Waals surface area contributed by atoms with Crippen molar-refractivity contribution in [3.8, 4) is 67.4 Å². The number of benzene rings is 12. The smallest absolute Gasteiger partial charge is 0.220 e. The number of pyridine rings is 5. The molecule has 0 spiro atoms. The first-order valence-corrected chi connectivity index (χ1v) is 56.1.